The Bertz CT molecular complexity index is 1120. The molecule has 142 valence electrons. The second-order valence-electron chi connectivity index (χ2n) is 5.50. The zero-order chi connectivity index (χ0) is 19.8. The van der Waals surface area contributed by atoms with Crippen LogP contribution < -0.4 is 9.46 Å². The van der Waals surface area contributed by atoms with Crippen LogP contribution >= 0.6 is 11.6 Å². The van der Waals surface area contributed by atoms with Gasteiger partial charge < -0.3 is 4.74 Å². The van der Waals surface area contributed by atoms with E-state index in [0.29, 0.717) is 11.7 Å². The van der Waals surface area contributed by atoms with Gasteiger partial charge in [-0.3, -0.25) is 9.48 Å². The Morgan fingerprint density at radius 2 is 2.00 bits per heavy atom. The summed E-state index contributed by atoms with van der Waals surface area (Å²) >= 11 is 6.07. The molecule has 27 heavy (non-hydrogen) atoms. The molecular weight excluding hydrogens is 396 g/mol. The minimum Gasteiger partial charge on any atom is -0.480 e. The van der Waals surface area contributed by atoms with Crippen molar-refractivity contribution in [3.8, 4) is 11.7 Å². The second-order valence-corrected chi connectivity index (χ2v) is 7.51. The Morgan fingerprint density at radius 1 is 1.26 bits per heavy atom. The van der Waals surface area contributed by atoms with E-state index in [1.807, 2.05) is 4.72 Å². The molecule has 0 unspecified atom stereocenters. The number of ether oxygens (including phenoxy) is 1. The summed E-state index contributed by atoms with van der Waals surface area (Å²) in [5.41, 5.74) is 0.176. The Morgan fingerprint density at radius 3 is 2.56 bits per heavy atom. The third-order valence-corrected chi connectivity index (χ3v) is 5.29. The van der Waals surface area contributed by atoms with Crippen LogP contribution in [-0.4, -0.2) is 46.0 Å². The highest BCUT2D eigenvalue weighted by Crippen LogP contribution is 2.19. The highest BCUT2D eigenvalue weighted by molar-refractivity contribution is 7.90. The SMILES string of the molecule is COc1ccn(-c2ccc(C(=O)NS(=O)(=O)c3cn(C)nc3C)c(Cl)n2)n1. The molecule has 0 aliphatic carbocycles. The van der Waals surface area contributed by atoms with Gasteiger partial charge in [0.25, 0.3) is 15.9 Å². The first-order valence-corrected chi connectivity index (χ1v) is 9.41. The number of amides is 1. The molecule has 0 aliphatic heterocycles. The molecule has 0 radical (unpaired) electrons. The Hall–Kier alpha value is -2.92. The number of rotatable bonds is 5. The van der Waals surface area contributed by atoms with Crippen LogP contribution in [-0.2, 0) is 17.1 Å². The lowest BCUT2D eigenvalue weighted by atomic mass is 10.3. The van der Waals surface area contributed by atoms with E-state index in [1.165, 1.54) is 41.7 Å². The molecule has 3 aromatic heterocycles. The van der Waals surface area contributed by atoms with E-state index in [0.717, 1.165) is 0 Å². The predicted molar refractivity (Wildman–Crippen MR) is 95.5 cm³/mol. The minimum absolute atomic E-state index is 0.0929. The lowest BCUT2D eigenvalue weighted by Crippen LogP contribution is -2.31. The molecule has 10 nitrogen and oxygen atoms in total. The Labute approximate surface area is 159 Å². The average Bonchev–Trinajstić information content (AvgIpc) is 3.20. The molecule has 1 amide bonds. The van der Waals surface area contributed by atoms with Crippen molar-refractivity contribution in [2.45, 2.75) is 11.8 Å². The summed E-state index contributed by atoms with van der Waals surface area (Å²) in [4.78, 5) is 16.4. The smallest absolute Gasteiger partial charge is 0.268 e. The number of nitrogens with one attached hydrogen (secondary N) is 1. The third-order valence-electron chi connectivity index (χ3n) is 3.57. The van der Waals surface area contributed by atoms with Crippen molar-refractivity contribution in [2.75, 3.05) is 7.11 Å². The summed E-state index contributed by atoms with van der Waals surface area (Å²) in [5, 5.41) is 7.88. The van der Waals surface area contributed by atoms with Gasteiger partial charge in [-0.25, -0.2) is 22.8 Å². The normalized spacial score (nSPS) is 11.4. The van der Waals surface area contributed by atoms with Crippen molar-refractivity contribution in [3.05, 3.63) is 47.0 Å². The van der Waals surface area contributed by atoms with E-state index in [9.17, 15) is 13.2 Å². The highest BCUT2D eigenvalue weighted by atomic mass is 35.5. The van der Waals surface area contributed by atoms with Crippen LogP contribution in [0, 0.1) is 6.92 Å². The lowest BCUT2D eigenvalue weighted by molar-refractivity contribution is 0.0981. The molecular formula is C15H15ClN6O4S. The van der Waals surface area contributed by atoms with Gasteiger partial charge in [-0.2, -0.15) is 5.10 Å². The minimum atomic E-state index is -4.10. The van der Waals surface area contributed by atoms with E-state index in [1.54, 1.807) is 19.3 Å². The van der Waals surface area contributed by atoms with E-state index in [-0.39, 0.29) is 21.3 Å². The Balaban J connectivity index is 1.86. The molecule has 3 rings (SSSR count). The number of methoxy groups -OCH3 is 1. The van der Waals surface area contributed by atoms with Crippen molar-refractivity contribution in [3.63, 3.8) is 0 Å². The monoisotopic (exact) mass is 410 g/mol. The fourth-order valence-electron chi connectivity index (χ4n) is 2.34. The predicted octanol–water partition coefficient (Wildman–Crippen LogP) is 1.09. The van der Waals surface area contributed by atoms with Crippen molar-refractivity contribution in [1.82, 2.24) is 29.3 Å². The number of aromatic nitrogens is 5. The van der Waals surface area contributed by atoms with Crippen LogP contribution in [0.15, 0.2) is 35.5 Å². The molecule has 3 aromatic rings. The summed E-state index contributed by atoms with van der Waals surface area (Å²) in [6.07, 6.45) is 2.91. The number of carbonyl (C=O) groups excluding carboxylic acids is 1. The fourth-order valence-corrected chi connectivity index (χ4v) is 3.76. The van der Waals surface area contributed by atoms with E-state index < -0.39 is 15.9 Å². The van der Waals surface area contributed by atoms with Gasteiger partial charge in [0, 0.05) is 25.5 Å². The van der Waals surface area contributed by atoms with Crippen LogP contribution in [0.3, 0.4) is 0 Å². The summed E-state index contributed by atoms with van der Waals surface area (Å²) in [5.74, 6) is -0.182. The van der Waals surface area contributed by atoms with Gasteiger partial charge in [0.2, 0.25) is 5.88 Å². The largest absolute Gasteiger partial charge is 0.480 e. The summed E-state index contributed by atoms with van der Waals surface area (Å²) in [6, 6.07) is 4.47. The number of hydrogen-bond donors (Lipinski definition) is 1. The molecule has 0 bridgehead atoms. The first-order chi connectivity index (χ1) is 12.7. The van der Waals surface area contributed by atoms with Crippen molar-refractivity contribution < 1.29 is 17.9 Å². The fraction of sp³-hybridized carbons (Fsp3) is 0.200. The van der Waals surface area contributed by atoms with Crippen LogP contribution in [0.2, 0.25) is 5.15 Å². The molecule has 0 aromatic carbocycles. The number of halogens is 1. The van der Waals surface area contributed by atoms with Gasteiger partial charge in [-0.1, -0.05) is 11.6 Å². The maximum absolute atomic E-state index is 12.4. The number of aryl methyl sites for hydroxylation is 2. The molecule has 3 heterocycles. The van der Waals surface area contributed by atoms with Gasteiger partial charge in [-0.05, 0) is 19.1 Å². The average molecular weight is 411 g/mol. The lowest BCUT2D eigenvalue weighted by Gasteiger charge is -2.08. The van der Waals surface area contributed by atoms with Crippen molar-refractivity contribution in [1.29, 1.82) is 0 Å². The van der Waals surface area contributed by atoms with E-state index in [4.69, 9.17) is 16.3 Å². The van der Waals surface area contributed by atoms with Crippen LogP contribution in [0.25, 0.3) is 5.82 Å². The standard InChI is InChI=1S/C15H15ClN6O4S/c1-9-11(8-21(2)18-9)27(24,25)20-15(23)10-4-5-12(17-14(10)16)22-7-6-13(19-22)26-3/h4-8H,1-3H3,(H,20,23). The van der Waals surface area contributed by atoms with E-state index in [2.05, 4.69) is 15.2 Å². The maximum atomic E-state index is 12.4. The van der Waals surface area contributed by atoms with Crippen LogP contribution in [0.5, 0.6) is 5.88 Å². The maximum Gasteiger partial charge on any atom is 0.268 e. The topological polar surface area (TPSA) is 121 Å². The zero-order valence-corrected chi connectivity index (χ0v) is 16.1. The summed E-state index contributed by atoms with van der Waals surface area (Å²) in [6.45, 7) is 1.53. The first kappa shape index (κ1) is 18.9. The third kappa shape index (κ3) is 3.78. The molecule has 0 atom stereocenters. The van der Waals surface area contributed by atoms with E-state index >= 15 is 0 Å². The molecule has 0 fully saturated rings. The molecule has 0 saturated heterocycles. The highest BCUT2D eigenvalue weighted by Gasteiger charge is 2.24. The molecule has 12 heteroatoms. The van der Waals surface area contributed by atoms with Gasteiger partial charge >= 0.3 is 0 Å². The molecule has 0 spiro atoms. The Kier molecular flexibility index (Phi) is 4.89. The van der Waals surface area contributed by atoms with Crippen LogP contribution in [0.1, 0.15) is 16.1 Å². The molecule has 1 N–H and O–H groups in total. The number of sulfonamides is 1. The summed E-state index contributed by atoms with van der Waals surface area (Å²) < 4.78 is 34.5. The van der Waals surface area contributed by atoms with Crippen LogP contribution in [0.4, 0.5) is 0 Å². The quantitative estimate of drug-likeness (QED) is 0.625. The molecule has 0 aliphatic rings. The van der Waals surface area contributed by atoms with Gasteiger partial charge in [0.15, 0.2) is 5.82 Å². The number of nitrogens with zero attached hydrogens (tertiary/aromatic N) is 5. The van der Waals surface area contributed by atoms with Gasteiger partial charge in [0.1, 0.15) is 10.0 Å². The van der Waals surface area contributed by atoms with Crippen molar-refractivity contribution in [2.24, 2.45) is 7.05 Å². The second kappa shape index (κ2) is 7.00. The summed E-state index contributed by atoms with van der Waals surface area (Å²) in [7, 11) is -1.04. The first-order valence-electron chi connectivity index (χ1n) is 7.55. The molecule has 0 saturated carbocycles. The number of pyridine rings is 1. The zero-order valence-electron chi connectivity index (χ0n) is 14.5. The van der Waals surface area contributed by atoms with Crippen molar-refractivity contribution >= 4 is 27.5 Å². The van der Waals surface area contributed by atoms with Gasteiger partial charge in [0.05, 0.1) is 18.4 Å². The number of hydrogen-bond acceptors (Lipinski definition) is 7. The van der Waals surface area contributed by atoms with Gasteiger partial charge in [-0.15, -0.1) is 5.10 Å². The number of carbonyl (C=O) groups is 1.